The van der Waals surface area contributed by atoms with E-state index in [0.29, 0.717) is 29.2 Å². The van der Waals surface area contributed by atoms with Crippen LogP contribution in [0.5, 0.6) is 11.5 Å². The van der Waals surface area contributed by atoms with Crippen molar-refractivity contribution in [2.24, 2.45) is 0 Å². The van der Waals surface area contributed by atoms with Gasteiger partial charge in [-0.3, -0.25) is 0 Å². The zero-order chi connectivity index (χ0) is 18.3. The number of methoxy groups -OCH3 is 1. The molecule has 25 heavy (non-hydrogen) atoms. The fraction of sp³-hybridized carbons (Fsp3) is 0.565. The second kappa shape index (κ2) is 13.3. The summed E-state index contributed by atoms with van der Waals surface area (Å²) in [5.41, 5.74) is 1.35. The third-order valence-electron chi connectivity index (χ3n) is 4.37. The van der Waals surface area contributed by atoms with E-state index in [1.165, 1.54) is 57.8 Å². The molecule has 136 valence electrons. The van der Waals surface area contributed by atoms with Crippen molar-refractivity contribution in [3.63, 3.8) is 0 Å². The number of unbranched alkanes of at least 4 members (excludes halogenated alkanes) is 9. The standard InChI is InChI=1S/C23H32O2/c1-5-8-9-10-11-12-13-14-15-16-17-25-23-19-20(6-2)22(24-4)18-21(23)7-3/h2-3,18-19H,5,8-17H2,1,4H3. The highest BCUT2D eigenvalue weighted by molar-refractivity contribution is 5.57. The average molecular weight is 341 g/mol. The Morgan fingerprint density at radius 1 is 0.760 bits per heavy atom. The third kappa shape index (κ3) is 8.04. The first-order chi connectivity index (χ1) is 12.3. The monoisotopic (exact) mass is 340 g/mol. The molecule has 1 aromatic rings. The maximum atomic E-state index is 5.85. The van der Waals surface area contributed by atoms with E-state index in [0.717, 1.165) is 6.42 Å². The fourth-order valence-electron chi connectivity index (χ4n) is 2.85. The molecule has 1 rings (SSSR count). The Morgan fingerprint density at radius 3 is 1.76 bits per heavy atom. The second-order valence-electron chi connectivity index (χ2n) is 6.37. The van der Waals surface area contributed by atoms with Gasteiger partial charge in [-0.05, 0) is 6.42 Å². The van der Waals surface area contributed by atoms with Crippen molar-refractivity contribution in [1.29, 1.82) is 0 Å². The van der Waals surface area contributed by atoms with Crippen molar-refractivity contribution in [3.8, 4) is 36.2 Å². The molecule has 0 fully saturated rings. The van der Waals surface area contributed by atoms with Crippen molar-refractivity contribution in [2.75, 3.05) is 13.7 Å². The molecular formula is C23H32O2. The van der Waals surface area contributed by atoms with Gasteiger partial charge in [0.2, 0.25) is 0 Å². The summed E-state index contributed by atoms with van der Waals surface area (Å²) in [5, 5.41) is 0. The van der Waals surface area contributed by atoms with Gasteiger partial charge in [-0.15, -0.1) is 12.8 Å². The number of hydrogen-bond donors (Lipinski definition) is 0. The number of terminal acetylenes is 2. The highest BCUT2D eigenvalue weighted by Gasteiger charge is 2.09. The maximum Gasteiger partial charge on any atom is 0.136 e. The van der Waals surface area contributed by atoms with Gasteiger partial charge < -0.3 is 9.47 Å². The topological polar surface area (TPSA) is 18.5 Å². The Balaban J connectivity index is 2.24. The van der Waals surface area contributed by atoms with Crippen molar-refractivity contribution < 1.29 is 9.47 Å². The quantitative estimate of drug-likeness (QED) is 0.326. The molecule has 0 bridgehead atoms. The SMILES string of the molecule is C#Cc1cc(OCCCCCCCCCCCC)c(C#C)cc1OC. The van der Waals surface area contributed by atoms with Crippen LogP contribution in [0.4, 0.5) is 0 Å². The minimum Gasteiger partial charge on any atom is -0.495 e. The highest BCUT2D eigenvalue weighted by Crippen LogP contribution is 2.28. The molecule has 0 aromatic heterocycles. The molecule has 2 heteroatoms. The Morgan fingerprint density at radius 2 is 1.24 bits per heavy atom. The Bertz CT molecular complexity index is 575. The van der Waals surface area contributed by atoms with Gasteiger partial charge in [0.1, 0.15) is 11.5 Å². The molecule has 0 amide bonds. The average Bonchev–Trinajstić information content (AvgIpc) is 2.65. The Hall–Kier alpha value is -2.06. The molecule has 2 nitrogen and oxygen atoms in total. The molecule has 0 atom stereocenters. The van der Waals surface area contributed by atoms with Gasteiger partial charge >= 0.3 is 0 Å². The van der Waals surface area contributed by atoms with Gasteiger partial charge in [0.25, 0.3) is 0 Å². The molecule has 0 N–H and O–H groups in total. The Kier molecular flexibility index (Phi) is 11.1. The number of ether oxygens (including phenoxy) is 2. The van der Waals surface area contributed by atoms with Crippen LogP contribution in [0.25, 0.3) is 0 Å². The number of rotatable bonds is 13. The van der Waals surface area contributed by atoms with Crippen LogP contribution in [0.3, 0.4) is 0 Å². The van der Waals surface area contributed by atoms with Crippen molar-refractivity contribution >= 4 is 0 Å². The van der Waals surface area contributed by atoms with E-state index in [1.54, 1.807) is 19.2 Å². The predicted octanol–water partition coefficient (Wildman–Crippen LogP) is 5.96. The lowest BCUT2D eigenvalue weighted by Crippen LogP contribution is -2.01. The van der Waals surface area contributed by atoms with Crippen molar-refractivity contribution in [2.45, 2.75) is 71.1 Å². The van der Waals surface area contributed by atoms with Crippen LogP contribution in [-0.2, 0) is 0 Å². The molecule has 0 aliphatic heterocycles. The summed E-state index contributed by atoms with van der Waals surface area (Å²) in [6, 6.07) is 3.56. The van der Waals surface area contributed by atoms with Crippen LogP contribution in [0.1, 0.15) is 82.3 Å². The molecule has 0 saturated heterocycles. The smallest absolute Gasteiger partial charge is 0.136 e. The summed E-state index contributed by atoms with van der Waals surface area (Å²) in [4.78, 5) is 0. The van der Waals surface area contributed by atoms with E-state index in [9.17, 15) is 0 Å². The minimum atomic E-state index is 0.613. The first-order valence-corrected chi connectivity index (χ1v) is 9.54. The molecule has 1 aromatic carbocycles. The van der Waals surface area contributed by atoms with Gasteiger partial charge in [0.15, 0.2) is 0 Å². The van der Waals surface area contributed by atoms with E-state index < -0.39 is 0 Å². The van der Waals surface area contributed by atoms with Crippen molar-refractivity contribution in [3.05, 3.63) is 23.3 Å². The molecular weight excluding hydrogens is 308 g/mol. The van der Waals surface area contributed by atoms with Crippen molar-refractivity contribution in [1.82, 2.24) is 0 Å². The largest absolute Gasteiger partial charge is 0.495 e. The lowest BCUT2D eigenvalue weighted by Gasteiger charge is -2.11. The lowest BCUT2D eigenvalue weighted by atomic mass is 10.1. The molecule has 0 spiro atoms. The first-order valence-electron chi connectivity index (χ1n) is 9.54. The van der Waals surface area contributed by atoms with Gasteiger partial charge in [0.05, 0.1) is 24.8 Å². The normalized spacial score (nSPS) is 10.1. The summed E-state index contributed by atoms with van der Waals surface area (Å²) in [7, 11) is 1.58. The summed E-state index contributed by atoms with van der Waals surface area (Å²) >= 11 is 0. The molecule has 0 radical (unpaired) electrons. The van der Waals surface area contributed by atoms with Gasteiger partial charge in [-0.25, -0.2) is 0 Å². The third-order valence-corrected chi connectivity index (χ3v) is 4.37. The van der Waals surface area contributed by atoms with Gasteiger partial charge in [-0.2, -0.15) is 0 Å². The van der Waals surface area contributed by atoms with E-state index in [1.807, 2.05) is 0 Å². The summed E-state index contributed by atoms with van der Waals surface area (Å²) in [5.74, 6) is 6.53. The molecule has 0 aliphatic rings. The minimum absolute atomic E-state index is 0.613. The van der Waals surface area contributed by atoms with Crippen LogP contribution >= 0.6 is 0 Å². The predicted molar refractivity (Wildman–Crippen MR) is 106 cm³/mol. The molecule has 0 saturated carbocycles. The number of benzene rings is 1. The first kappa shape index (κ1) is 21.0. The molecule has 0 aliphatic carbocycles. The summed E-state index contributed by atoms with van der Waals surface area (Å²) in [6.07, 6.45) is 24.1. The van der Waals surface area contributed by atoms with Crippen LogP contribution in [-0.4, -0.2) is 13.7 Å². The molecule has 0 unspecified atom stereocenters. The maximum absolute atomic E-state index is 5.85. The Labute approximate surface area is 154 Å². The lowest BCUT2D eigenvalue weighted by molar-refractivity contribution is 0.302. The zero-order valence-electron chi connectivity index (χ0n) is 15.9. The van der Waals surface area contributed by atoms with E-state index in [2.05, 4.69) is 18.8 Å². The van der Waals surface area contributed by atoms with Gasteiger partial charge in [0, 0.05) is 12.1 Å². The summed E-state index contributed by atoms with van der Waals surface area (Å²) in [6.45, 7) is 2.93. The van der Waals surface area contributed by atoms with Crippen LogP contribution < -0.4 is 9.47 Å². The van der Waals surface area contributed by atoms with Gasteiger partial charge in [-0.1, -0.05) is 76.6 Å². The summed E-state index contributed by atoms with van der Waals surface area (Å²) < 4.78 is 11.1. The highest BCUT2D eigenvalue weighted by atomic mass is 16.5. The van der Waals surface area contributed by atoms with Crippen LogP contribution in [0.2, 0.25) is 0 Å². The van der Waals surface area contributed by atoms with E-state index >= 15 is 0 Å². The van der Waals surface area contributed by atoms with E-state index in [-0.39, 0.29) is 0 Å². The number of hydrogen-bond acceptors (Lipinski definition) is 2. The van der Waals surface area contributed by atoms with Crippen LogP contribution in [0, 0.1) is 24.7 Å². The zero-order valence-corrected chi connectivity index (χ0v) is 15.9. The van der Waals surface area contributed by atoms with E-state index in [4.69, 9.17) is 22.3 Å². The second-order valence-corrected chi connectivity index (χ2v) is 6.37. The fourth-order valence-corrected chi connectivity index (χ4v) is 2.85. The van der Waals surface area contributed by atoms with Crippen LogP contribution in [0.15, 0.2) is 12.1 Å². The molecule has 0 heterocycles.